The molecule has 0 bridgehead atoms. The number of benzene rings is 1. The second-order valence-electron chi connectivity index (χ2n) is 9.66. The summed E-state index contributed by atoms with van der Waals surface area (Å²) in [5, 5.41) is 23.3. The number of halogens is 1. The molecule has 1 aromatic carbocycles. The Kier molecular flexibility index (Phi) is 10.1. The average molecular weight is 614 g/mol. The highest BCUT2D eigenvalue weighted by Gasteiger charge is 2.44. The van der Waals surface area contributed by atoms with E-state index in [1.54, 1.807) is 23.1 Å². The van der Waals surface area contributed by atoms with E-state index >= 15 is 0 Å². The Morgan fingerprint density at radius 2 is 2.03 bits per heavy atom. The quantitative estimate of drug-likeness (QED) is 0.244. The fourth-order valence-corrected chi connectivity index (χ4v) is 4.99. The number of aliphatic hydroxyl groups is 2. The topological polar surface area (TPSA) is 125 Å². The highest BCUT2D eigenvalue weighted by molar-refractivity contribution is 14.1. The van der Waals surface area contributed by atoms with Gasteiger partial charge in [-0.25, -0.2) is 0 Å². The number of ether oxygens (including phenoxy) is 2. The first-order chi connectivity index (χ1) is 17.2. The molecule has 0 heterocycles. The van der Waals surface area contributed by atoms with Crippen LogP contribution in [-0.2, 0) is 9.59 Å². The first-order valence-corrected chi connectivity index (χ1v) is 13.4. The first kappa shape index (κ1) is 28.4. The lowest BCUT2D eigenvalue weighted by molar-refractivity contribution is -0.140. The second kappa shape index (κ2) is 12.9. The van der Waals surface area contributed by atoms with Crippen LogP contribution in [-0.4, -0.2) is 78.3 Å². The van der Waals surface area contributed by atoms with Crippen molar-refractivity contribution < 1.29 is 34.1 Å². The van der Waals surface area contributed by atoms with Gasteiger partial charge in [-0.2, -0.15) is 0 Å². The van der Waals surface area contributed by atoms with E-state index in [2.05, 4.69) is 19.2 Å². The van der Waals surface area contributed by atoms with Gasteiger partial charge in [0.25, 0.3) is 0 Å². The summed E-state index contributed by atoms with van der Waals surface area (Å²) in [5.74, 6) is 0.592. The summed E-state index contributed by atoms with van der Waals surface area (Å²) in [5.41, 5.74) is 0.792. The molecule has 3 rings (SSSR count). The van der Waals surface area contributed by atoms with Gasteiger partial charge in [0.15, 0.2) is 11.5 Å². The summed E-state index contributed by atoms with van der Waals surface area (Å²) in [7, 11) is 1.46. The van der Waals surface area contributed by atoms with Crippen LogP contribution in [0.15, 0.2) is 23.8 Å². The average Bonchev–Trinajstić information content (AvgIpc) is 3.70. The fraction of sp³-hybridized carbons (Fsp3) is 0.577. The molecule has 3 N–H and O–H groups in total. The molecule has 0 saturated heterocycles. The van der Waals surface area contributed by atoms with Gasteiger partial charge in [0, 0.05) is 36.6 Å². The van der Waals surface area contributed by atoms with E-state index in [4.69, 9.17) is 14.6 Å². The summed E-state index contributed by atoms with van der Waals surface area (Å²) >= 11 is 2.03. The van der Waals surface area contributed by atoms with Crippen molar-refractivity contribution in [1.82, 2.24) is 10.2 Å². The number of nitrogens with zero attached hydrogens (tertiary/aromatic N) is 1. The van der Waals surface area contributed by atoms with E-state index in [-0.39, 0.29) is 37.3 Å². The van der Waals surface area contributed by atoms with Gasteiger partial charge in [-0.05, 0) is 66.0 Å². The lowest BCUT2D eigenvalue weighted by atomic mass is 9.87. The number of methoxy groups -OCH3 is 1. The fourth-order valence-electron chi connectivity index (χ4n) is 4.24. The predicted octanol–water partition coefficient (Wildman–Crippen LogP) is 2.31. The molecule has 0 aromatic heterocycles. The van der Waals surface area contributed by atoms with Gasteiger partial charge in [0.1, 0.15) is 18.5 Å². The largest absolute Gasteiger partial charge is 0.493 e. The minimum atomic E-state index is -1.10. The Balaban J connectivity index is 1.98. The van der Waals surface area contributed by atoms with E-state index in [0.29, 0.717) is 45.0 Å². The second-order valence-corrected chi connectivity index (χ2v) is 10.8. The normalized spacial score (nSPS) is 21.5. The molecule has 3 atom stereocenters. The van der Waals surface area contributed by atoms with Crippen molar-refractivity contribution in [1.29, 1.82) is 0 Å². The molecule has 2 aliphatic rings. The zero-order valence-corrected chi connectivity index (χ0v) is 23.1. The SMILES string of the molecule is COc1cc(C=O)cc(I)c1OC1C=C(C(=O)NCCO)CC(N(CCC(C)C)C(=O)C2CC2)C1O. The number of aldehydes is 1. The van der Waals surface area contributed by atoms with Crippen molar-refractivity contribution in [3.63, 3.8) is 0 Å². The van der Waals surface area contributed by atoms with E-state index in [9.17, 15) is 19.5 Å². The Morgan fingerprint density at radius 1 is 1.31 bits per heavy atom. The standard InChI is InChI=1S/C26H35IN2O7/c1-15(2)6-8-29(26(34)17-4-5-17)20-12-18(25(33)28-7-9-30)13-21(23(20)32)36-24-19(27)10-16(14-31)11-22(24)35-3/h10-11,13-15,17,20-21,23,30,32H,4-9,12H2,1-3H3,(H,28,33). The zero-order valence-electron chi connectivity index (χ0n) is 20.9. The lowest BCUT2D eigenvalue weighted by Gasteiger charge is -2.41. The van der Waals surface area contributed by atoms with Crippen molar-refractivity contribution in [3.8, 4) is 11.5 Å². The van der Waals surface area contributed by atoms with Crippen molar-refractivity contribution in [2.24, 2.45) is 11.8 Å². The van der Waals surface area contributed by atoms with Crippen LogP contribution in [0.3, 0.4) is 0 Å². The van der Waals surface area contributed by atoms with Crippen LogP contribution in [0.25, 0.3) is 0 Å². The number of carbonyl (C=O) groups is 3. The molecule has 3 unspecified atom stereocenters. The van der Waals surface area contributed by atoms with Gasteiger partial charge >= 0.3 is 0 Å². The van der Waals surface area contributed by atoms with E-state index in [1.165, 1.54) is 7.11 Å². The maximum Gasteiger partial charge on any atom is 0.247 e. The van der Waals surface area contributed by atoms with Crippen molar-refractivity contribution in [2.75, 3.05) is 26.8 Å². The molecule has 1 aromatic rings. The maximum atomic E-state index is 13.3. The van der Waals surface area contributed by atoms with Crippen molar-refractivity contribution in [3.05, 3.63) is 32.9 Å². The minimum absolute atomic E-state index is 0.00189. The highest BCUT2D eigenvalue weighted by atomic mass is 127. The van der Waals surface area contributed by atoms with Gasteiger partial charge in [-0.15, -0.1) is 0 Å². The Labute approximate surface area is 225 Å². The molecular formula is C26H35IN2O7. The maximum absolute atomic E-state index is 13.3. The van der Waals surface area contributed by atoms with Gasteiger partial charge in [0.2, 0.25) is 11.8 Å². The summed E-state index contributed by atoms with van der Waals surface area (Å²) in [4.78, 5) is 39.2. The van der Waals surface area contributed by atoms with Crippen LogP contribution in [0.2, 0.25) is 0 Å². The van der Waals surface area contributed by atoms with Crippen LogP contribution >= 0.6 is 22.6 Å². The smallest absolute Gasteiger partial charge is 0.247 e. The zero-order chi connectivity index (χ0) is 26.4. The van der Waals surface area contributed by atoms with Crippen LogP contribution in [0, 0.1) is 15.4 Å². The third-order valence-corrected chi connectivity index (χ3v) is 7.21. The molecule has 10 heteroatoms. The predicted molar refractivity (Wildman–Crippen MR) is 142 cm³/mol. The monoisotopic (exact) mass is 614 g/mol. The Morgan fingerprint density at radius 3 is 2.61 bits per heavy atom. The number of nitrogens with one attached hydrogen (secondary N) is 1. The van der Waals surface area contributed by atoms with E-state index in [0.717, 1.165) is 19.3 Å². The number of hydrogen-bond donors (Lipinski definition) is 3. The molecule has 36 heavy (non-hydrogen) atoms. The number of amides is 2. The highest BCUT2D eigenvalue weighted by Crippen LogP contribution is 2.38. The molecule has 2 aliphatic carbocycles. The molecule has 0 radical (unpaired) electrons. The van der Waals surface area contributed by atoms with Crippen LogP contribution in [0.4, 0.5) is 0 Å². The molecular weight excluding hydrogens is 579 g/mol. The minimum Gasteiger partial charge on any atom is -0.493 e. The Hall–Kier alpha value is -2.18. The van der Waals surface area contributed by atoms with Gasteiger partial charge < -0.3 is 29.9 Å². The van der Waals surface area contributed by atoms with Gasteiger partial charge in [0.05, 0.1) is 23.3 Å². The number of rotatable bonds is 12. The molecule has 0 aliphatic heterocycles. The molecule has 1 saturated carbocycles. The van der Waals surface area contributed by atoms with Gasteiger partial charge in [-0.3, -0.25) is 14.4 Å². The Bertz CT molecular complexity index is 993. The third-order valence-electron chi connectivity index (χ3n) is 6.41. The third kappa shape index (κ3) is 6.98. The molecule has 2 amide bonds. The molecule has 0 spiro atoms. The van der Waals surface area contributed by atoms with Crippen molar-refractivity contribution >= 4 is 40.7 Å². The number of aliphatic hydroxyl groups excluding tert-OH is 2. The summed E-state index contributed by atoms with van der Waals surface area (Å²) in [6.45, 7) is 4.51. The van der Waals surface area contributed by atoms with Crippen LogP contribution in [0.5, 0.6) is 11.5 Å². The molecule has 198 valence electrons. The molecule has 9 nitrogen and oxygen atoms in total. The number of carbonyl (C=O) groups excluding carboxylic acids is 3. The first-order valence-electron chi connectivity index (χ1n) is 12.3. The van der Waals surface area contributed by atoms with Crippen LogP contribution in [0.1, 0.15) is 49.9 Å². The summed E-state index contributed by atoms with van der Waals surface area (Å²) in [6, 6.07) is 2.53. The van der Waals surface area contributed by atoms with E-state index in [1.807, 2.05) is 22.6 Å². The van der Waals surface area contributed by atoms with Crippen molar-refractivity contribution in [2.45, 2.75) is 57.8 Å². The summed E-state index contributed by atoms with van der Waals surface area (Å²) < 4.78 is 12.3. The number of hydrogen-bond acceptors (Lipinski definition) is 7. The lowest BCUT2D eigenvalue weighted by Crippen LogP contribution is -2.55. The van der Waals surface area contributed by atoms with Gasteiger partial charge in [-0.1, -0.05) is 13.8 Å². The van der Waals surface area contributed by atoms with Crippen LogP contribution < -0.4 is 14.8 Å². The summed E-state index contributed by atoms with van der Waals surface area (Å²) in [6.07, 6.45) is 2.83. The van der Waals surface area contributed by atoms with E-state index < -0.39 is 18.2 Å². The molecule has 1 fully saturated rings.